The fourth-order valence-corrected chi connectivity index (χ4v) is 7.18. The molecule has 0 saturated heterocycles. The number of hydrogen-bond donors (Lipinski definition) is 0. The molecular weight excluding hydrogens is 1090 g/mol. The first-order chi connectivity index (χ1) is 40.1. The Morgan fingerprint density at radius 2 is 0.333 bits per heavy atom. The predicted octanol–water partition coefficient (Wildman–Crippen LogP) is 5.97. The van der Waals surface area contributed by atoms with Gasteiger partial charge < -0.3 is 94.6 Å². The predicted molar refractivity (Wildman–Crippen MR) is 302 cm³/mol. The first-order valence-corrected chi connectivity index (χ1v) is 31.6. The molecule has 0 fully saturated rings. The van der Waals surface area contributed by atoms with E-state index < -0.39 is 10.4 Å². The summed E-state index contributed by atoms with van der Waals surface area (Å²) in [6.07, 6.45) is 22.1. The van der Waals surface area contributed by atoms with E-state index in [1.54, 1.807) is 0 Å². The van der Waals surface area contributed by atoms with Crippen molar-refractivity contribution in [2.24, 2.45) is 0 Å². The normalized spacial score (nSPS) is 12.0. The van der Waals surface area contributed by atoms with Gasteiger partial charge in [-0.1, -0.05) is 103 Å². The molecule has 0 N–H and O–H groups in total. The van der Waals surface area contributed by atoms with E-state index in [0.717, 1.165) is 13.0 Å². The van der Waals surface area contributed by atoms with E-state index in [4.69, 9.17) is 90.0 Å². The largest absolute Gasteiger partial charge is 0.724 e. The molecule has 0 unspecified atom stereocenters. The van der Waals surface area contributed by atoms with Crippen LogP contribution in [0.25, 0.3) is 0 Å². The van der Waals surface area contributed by atoms with E-state index in [0.29, 0.717) is 231 Å². The van der Waals surface area contributed by atoms with Crippen molar-refractivity contribution in [1.29, 1.82) is 0 Å². The van der Waals surface area contributed by atoms with Crippen LogP contribution in [0.3, 0.4) is 0 Å². The van der Waals surface area contributed by atoms with E-state index in [2.05, 4.69) is 16.1 Å². The Hall–Kier alpha value is -0.930. The first kappa shape index (κ1) is 80.1. The van der Waals surface area contributed by atoms with Gasteiger partial charge in [-0.3, -0.25) is 0 Å². The van der Waals surface area contributed by atoms with Gasteiger partial charge in [-0.25, -0.2) is 13.3 Å². The number of rotatable bonds is 76. The lowest BCUT2D eigenvalue weighted by molar-refractivity contribution is -0.217. The number of unbranched alkanes of at least 4 members (excludes halogenated alkanes) is 15. The lowest BCUT2D eigenvalue weighted by Crippen LogP contribution is -2.16. The van der Waals surface area contributed by atoms with Crippen molar-refractivity contribution >= 4 is 10.4 Å². The monoisotopic (exact) mass is 1200 g/mol. The molecule has 0 saturated carbocycles. The van der Waals surface area contributed by atoms with Crippen LogP contribution in [0.5, 0.6) is 0 Å². The summed E-state index contributed by atoms with van der Waals surface area (Å²) in [5, 5.41) is 0. The van der Waals surface area contributed by atoms with E-state index >= 15 is 0 Å². The molecule has 0 aliphatic rings. The summed E-state index contributed by atoms with van der Waals surface area (Å²) >= 11 is 0. The SMILES string of the molecule is CCCCCCCCCCCCCCCCCCOCCOCCOCCOCCOCCOCCOCCOCCOCCOCCOCCOCCOCCOCCOCCOCCOCCOCCOCCOOS(=O)(=O)[O-]. The van der Waals surface area contributed by atoms with Crippen molar-refractivity contribution in [2.45, 2.75) is 110 Å². The molecule has 488 valence electrons. The highest BCUT2D eigenvalue weighted by Crippen LogP contribution is 2.14. The van der Waals surface area contributed by atoms with Gasteiger partial charge in [0.25, 0.3) is 0 Å². The summed E-state index contributed by atoms with van der Waals surface area (Å²) in [5.41, 5.74) is 0. The highest BCUT2D eigenvalue weighted by Gasteiger charge is 2.01. The Labute approximate surface area is 488 Å². The topological polar surface area (TPSA) is 251 Å². The molecule has 0 rings (SSSR count). The minimum absolute atomic E-state index is 0.0484. The molecule has 0 aromatic heterocycles. The van der Waals surface area contributed by atoms with Crippen LogP contribution in [0.1, 0.15) is 110 Å². The van der Waals surface area contributed by atoms with Gasteiger partial charge in [-0.05, 0) is 6.42 Å². The Bertz CT molecular complexity index is 1240. The minimum Gasteiger partial charge on any atom is -0.724 e. The summed E-state index contributed by atoms with van der Waals surface area (Å²) in [6, 6.07) is 0. The Morgan fingerprint density at radius 1 is 0.198 bits per heavy atom. The highest BCUT2D eigenvalue weighted by molar-refractivity contribution is 7.80. The standard InChI is InChI=1S/C56H114O24S/c1-2-3-4-5-6-7-8-9-10-11-12-13-14-15-16-17-18-60-19-20-61-21-22-62-23-24-63-25-26-64-27-28-65-29-30-66-31-32-67-33-34-68-35-36-69-37-38-70-39-40-71-41-42-72-43-44-73-45-46-74-47-48-75-49-50-76-51-52-77-53-54-78-55-56-79-80-81(57,58)59/h2-56H2,1H3,(H,57,58,59)/p-1. The lowest BCUT2D eigenvalue weighted by Gasteiger charge is -2.09. The average molecular weight is 1200 g/mol. The number of ether oxygens (including phenoxy) is 19. The van der Waals surface area contributed by atoms with Gasteiger partial charge in [0.05, 0.1) is 244 Å². The molecule has 0 aromatic carbocycles. The molecule has 0 aliphatic heterocycles. The van der Waals surface area contributed by atoms with Gasteiger partial charge in [-0.15, -0.1) is 4.33 Å². The summed E-state index contributed by atoms with van der Waals surface area (Å²) < 4.78 is 138. The third-order valence-electron chi connectivity index (χ3n) is 11.3. The molecule has 24 nitrogen and oxygen atoms in total. The molecule has 0 spiro atoms. The van der Waals surface area contributed by atoms with Crippen molar-refractivity contribution in [1.82, 2.24) is 0 Å². The van der Waals surface area contributed by atoms with Gasteiger partial charge in [0.1, 0.15) is 6.61 Å². The summed E-state index contributed by atoms with van der Waals surface area (Å²) in [7, 11) is -4.87. The zero-order chi connectivity index (χ0) is 58.2. The lowest BCUT2D eigenvalue weighted by atomic mass is 10.0. The molecule has 0 aliphatic carbocycles. The van der Waals surface area contributed by atoms with Gasteiger partial charge in [0.15, 0.2) is 0 Å². The molecule has 25 heteroatoms. The highest BCUT2D eigenvalue weighted by atomic mass is 32.3. The van der Waals surface area contributed by atoms with Crippen LogP contribution in [0.15, 0.2) is 0 Å². The minimum atomic E-state index is -4.87. The zero-order valence-electron chi connectivity index (χ0n) is 50.1. The quantitative estimate of drug-likeness (QED) is 0.0223. The Kier molecular flexibility index (Phi) is 72.5. The van der Waals surface area contributed by atoms with E-state index in [-0.39, 0.29) is 19.8 Å². The summed E-state index contributed by atoms with van der Waals surface area (Å²) in [5.74, 6) is 0. The van der Waals surface area contributed by atoms with Crippen LogP contribution in [0, 0.1) is 0 Å². The van der Waals surface area contributed by atoms with E-state index in [9.17, 15) is 13.0 Å². The van der Waals surface area contributed by atoms with Crippen LogP contribution in [-0.4, -0.2) is 271 Å². The van der Waals surface area contributed by atoms with Crippen molar-refractivity contribution < 1.29 is 112 Å². The van der Waals surface area contributed by atoms with Crippen molar-refractivity contribution in [2.75, 3.05) is 258 Å². The summed E-state index contributed by atoms with van der Waals surface area (Å²) in [4.78, 5) is 4.16. The second-order valence-electron chi connectivity index (χ2n) is 18.2. The maximum absolute atomic E-state index is 10.2. The maximum Gasteiger partial charge on any atom is 0.245 e. The second kappa shape index (κ2) is 73.3. The third-order valence-corrected chi connectivity index (χ3v) is 11.5. The molecule has 0 amide bonds. The molecule has 0 radical (unpaired) electrons. The van der Waals surface area contributed by atoms with Crippen LogP contribution >= 0.6 is 0 Å². The van der Waals surface area contributed by atoms with Gasteiger partial charge in [-0.2, -0.15) is 0 Å². The van der Waals surface area contributed by atoms with E-state index in [1.165, 1.54) is 96.3 Å². The first-order valence-electron chi connectivity index (χ1n) is 30.3. The Morgan fingerprint density at radius 3 is 0.494 bits per heavy atom. The fraction of sp³-hybridized carbons (Fsp3) is 1.00. The second-order valence-corrected chi connectivity index (χ2v) is 19.2. The molecule has 81 heavy (non-hydrogen) atoms. The van der Waals surface area contributed by atoms with Crippen LogP contribution in [-0.2, 0) is 110 Å². The van der Waals surface area contributed by atoms with Crippen LogP contribution in [0.4, 0.5) is 0 Å². The zero-order valence-corrected chi connectivity index (χ0v) is 50.9. The third kappa shape index (κ3) is 79.1. The molecule has 0 aromatic rings. The average Bonchev–Trinajstić information content (AvgIpc) is 3.45. The van der Waals surface area contributed by atoms with Crippen LogP contribution in [0.2, 0.25) is 0 Å². The number of hydrogen-bond acceptors (Lipinski definition) is 24. The molecule has 0 atom stereocenters. The van der Waals surface area contributed by atoms with Gasteiger partial charge in [0.2, 0.25) is 10.4 Å². The molecule has 0 bridgehead atoms. The maximum atomic E-state index is 10.2. The van der Waals surface area contributed by atoms with Gasteiger partial charge >= 0.3 is 0 Å². The fourth-order valence-electron chi connectivity index (χ4n) is 7.00. The molecule has 0 heterocycles. The van der Waals surface area contributed by atoms with Crippen molar-refractivity contribution in [3.05, 3.63) is 0 Å². The van der Waals surface area contributed by atoms with Crippen LogP contribution < -0.4 is 0 Å². The summed E-state index contributed by atoms with van der Waals surface area (Å²) in [6.45, 7) is 20.1. The van der Waals surface area contributed by atoms with E-state index in [1.807, 2.05) is 0 Å². The molecular formula is C56H113O24S-. The Balaban J connectivity index is 3.09. The van der Waals surface area contributed by atoms with Crippen molar-refractivity contribution in [3.8, 4) is 0 Å². The van der Waals surface area contributed by atoms with Crippen molar-refractivity contribution in [3.63, 3.8) is 0 Å². The smallest absolute Gasteiger partial charge is 0.245 e. The van der Waals surface area contributed by atoms with Gasteiger partial charge in [0, 0.05) is 6.61 Å².